The van der Waals surface area contributed by atoms with Gasteiger partial charge >= 0.3 is 10.2 Å². The smallest absolute Gasteiger partial charge is 0.301 e. The monoisotopic (exact) mass is 288 g/mol. The predicted molar refractivity (Wildman–Crippen MR) is 72.0 cm³/mol. The zero-order valence-electron chi connectivity index (χ0n) is 11.2. The largest absolute Gasteiger partial charge is 0.376 e. The Kier molecular flexibility index (Phi) is 4.43. The van der Waals surface area contributed by atoms with Crippen LogP contribution in [0.4, 0.5) is 5.69 Å². The molecule has 0 aliphatic carbocycles. The highest BCUT2D eigenvalue weighted by molar-refractivity contribution is 7.90. The maximum atomic E-state index is 11.7. The fraction of sp³-hybridized carbons (Fsp3) is 0.727. The molecule has 1 aromatic heterocycles. The molecule has 108 valence electrons. The quantitative estimate of drug-likeness (QED) is 0.864. The second-order valence-electron chi connectivity index (χ2n) is 4.83. The van der Waals surface area contributed by atoms with E-state index in [1.54, 1.807) is 10.9 Å². The Labute approximate surface area is 113 Å². The number of rotatable bonds is 5. The van der Waals surface area contributed by atoms with Crippen LogP contribution in [0, 0.1) is 0 Å². The number of nitrogens with zero attached hydrogens (tertiary/aromatic N) is 3. The van der Waals surface area contributed by atoms with Gasteiger partial charge in [0.15, 0.2) is 0 Å². The second kappa shape index (κ2) is 5.89. The minimum absolute atomic E-state index is 0.173. The summed E-state index contributed by atoms with van der Waals surface area (Å²) in [6, 6.07) is 0. The van der Waals surface area contributed by atoms with Gasteiger partial charge in [-0.15, -0.1) is 0 Å². The number of hydrogen-bond donors (Lipinski definition) is 1. The van der Waals surface area contributed by atoms with E-state index in [0.29, 0.717) is 12.2 Å². The summed E-state index contributed by atoms with van der Waals surface area (Å²) in [6.07, 6.45) is 6.67. The Morgan fingerprint density at radius 2 is 2.32 bits per heavy atom. The molecule has 19 heavy (non-hydrogen) atoms. The van der Waals surface area contributed by atoms with Crippen LogP contribution in [-0.4, -0.2) is 49.3 Å². The maximum absolute atomic E-state index is 11.7. The first kappa shape index (κ1) is 14.3. The zero-order valence-corrected chi connectivity index (χ0v) is 12.1. The van der Waals surface area contributed by atoms with Crippen molar-refractivity contribution >= 4 is 15.9 Å². The second-order valence-corrected chi connectivity index (χ2v) is 6.71. The Bertz CT molecular complexity index is 506. The van der Waals surface area contributed by atoms with Gasteiger partial charge in [-0.3, -0.25) is 9.40 Å². The van der Waals surface area contributed by atoms with Crippen molar-refractivity contribution in [2.45, 2.75) is 31.9 Å². The molecule has 0 amide bonds. The summed E-state index contributed by atoms with van der Waals surface area (Å²) in [4.78, 5) is 0. The van der Waals surface area contributed by atoms with E-state index in [9.17, 15) is 8.42 Å². The first-order valence-corrected chi connectivity index (χ1v) is 7.76. The third-order valence-corrected chi connectivity index (χ3v) is 4.48. The summed E-state index contributed by atoms with van der Waals surface area (Å²) in [5.74, 6) is 0. The van der Waals surface area contributed by atoms with Crippen LogP contribution in [0.5, 0.6) is 0 Å². The summed E-state index contributed by atoms with van der Waals surface area (Å²) >= 11 is 0. The lowest BCUT2D eigenvalue weighted by Gasteiger charge is -2.22. The molecule has 1 aromatic rings. The Morgan fingerprint density at radius 3 is 2.95 bits per heavy atom. The molecule has 1 aliphatic rings. The third kappa shape index (κ3) is 3.92. The number of anilines is 1. The Balaban J connectivity index is 1.95. The Morgan fingerprint density at radius 1 is 1.53 bits per heavy atom. The van der Waals surface area contributed by atoms with Crippen LogP contribution in [0.25, 0.3) is 0 Å². The van der Waals surface area contributed by atoms with Crippen LogP contribution < -0.4 is 4.72 Å². The first-order valence-electron chi connectivity index (χ1n) is 6.32. The molecule has 0 radical (unpaired) electrons. The molecule has 1 atom stereocenters. The highest BCUT2D eigenvalue weighted by atomic mass is 32.2. The molecule has 0 saturated carbocycles. The van der Waals surface area contributed by atoms with Crippen molar-refractivity contribution in [3.63, 3.8) is 0 Å². The summed E-state index contributed by atoms with van der Waals surface area (Å²) in [7, 11) is -0.523. The standard InChI is InChI=1S/C11H20N4O3S/c1-14(2)19(16,17)13-10-7-12-15(8-10)9-11-5-3-4-6-18-11/h7-8,11,13H,3-6,9H2,1-2H3/t11-/m1/s1. The lowest BCUT2D eigenvalue weighted by atomic mass is 10.1. The van der Waals surface area contributed by atoms with Gasteiger partial charge in [0.1, 0.15) is 0 Å². The molecule has 0 spiro atoms. The van der Waals surface area contributed by atoms with Crippen LogP contribution >= 0.6 is 0 Å². The van der Waals surface area contributed by atoms with Gasteiger partial charge in [0.2, 0.25) is 0 Å². The number of ether oxygens (including phenoxy) is 1. The van der Waals surface area contributed by atoms with Crippen molar-refractivity contribution in [3.05, 3.63) is 12.4 Å². The molecule has 1 saturated heterocycles. The summed E-state index contributed by atoms with van der Waals surface area (Å²) in [5.41, 5.74) is 0.463. The van der Waals surface area contributed by atoms with Crippen LogP contribution in [-0.2, 0) is 21.5 Å². The van der Waals surface area contributed by atoms with Crippen LogP contribution in [0.1, 0.15) is 19.3 Å². The van der Waals surface area contributed by atoms with Gasteiger partial charge in [-0.25, -0.2) is 0 Å². The topological polar surface area (TPSA) is 76.5 Å². The van der Waals surface area contributed by atoms with Gasteiger partial charge in [-0.1, -0.05) is 0 Å². The van der Waals surface area contributed by atoms with Gasteiger partial charge in [0.05, 0.1) is 24.5 Å². The van der Waals surface area contributed by atoms with Crippen molar-refractivity contribution < 1.29 is 13.2 Å². The van der Waals surface area contributed by atoms with E-state index in [-0.39, 0.29) is 6.10 Å². The minimum atomic E-state index is -3.47. The highest BCUT2D eigenvalue weighted by Gasteiger charge is 2.17. The maximum Gasteiger partial charge on any atom is 0.301 e. The third-order valence-electron chi connectivity index (χ3n) is 3.03. The molecular formula is C11H20N4O3S. The highest BCUT2D eigenvalue weighted by Crippen LogP contribution is 2.15. The van der Waals surface area contributed by atoms with E-state index in [4.69, 9.17) is 4.74 Å². The van der Waals surface area contributed by atoms with Crippen molar-refractivity contribution in [2.24, 2.45) is 0 Å². The molecule has 7 nitrogen and oxygen atoms in total. The van der Waals surface area contributed by atoms with E-state index in [1.165, 1.54) is 26.7 Å². The average Bonchev–Trinajstić information content (AvgIpc) is 2.77. The lowest BCUT2D eigenvalue weighted by Crippen LogP contribution is -2.28. The van der Waals surface area contributed by atoms with Crippen LogP contribution in [0.3, 0.4) is 0 Å². The predicted octanol–water partition coefficient (Wildman–Crippen LogP) is 0.670. The molecule has 8 heteroatoms. The number of hydrogen-bond acceptors (Lipinski definition) is 4. The van der Waals surface area contributed by atoms with Gasteiger partial charge < -0.3 is 4.74 Å². The molecule has 1 N–H and O–H groups in total. The zero-order chi connectivity index (χ0) is 13.9. The molecule has 1 fully saturated rings. The van der Waals surface area contributed by atoms with Gasteiger partial charge in [-0.2, -0.15) is 17.8 Å². The summed E-state index contributed by atoms with van der Waals surface area (Å²) in [5, 5.41) is 4.14. The number of aromatic nitrogens is 2. The number of nitrogens with one attached hydrogen (secondary N) is 1. The van der Waals surface area contributed by atoms with Crippen LogP contribution in [0.2, 0.25) is 0 Å². The van der Waals surface area contributed by atoms with Crippen molar-refractivity contribution in [1.29, 1.82) is 0 Å². The molecule has 0 unspecified atom stereocenters. The molecule has 2 rings (SSSR count). The molecule has 2 heterocycles. The minimum Gasteiger partial charge on any atom is -0.376 e. The van der Waals surface area contributed by atoms with E-state index in [0.717, 1.165) is 23.8 Å². The van der Waals surface area contributed by atoms with E-state index < -0.39 is 10.2 Å². The molecule has 1 aliphatic heterocycles. The SMILES string of the molecule is CN(C)S(=O)(=O)Nc1cnn(C[C@H]2CCCCO2)c1. The molecule has 0 bridgehead atoms. The van der Waals surface area contributed by atoms with Crippen molar-refractivity contribution in [1.82, 2.24) is 14.1 Å². The first-order chi connectivity index (χ1) is 8.97. The fourth-order valence-electron chi connectivity index (χ4n) is 1.92. The van der Waals surface area contributed by atoms with Crippen molar-refractivity contribution in [3.8, 4) is 0 Å². The van der Waals surface area contributed by atoms with Crippen molar-refractivity contribution in [2.75, 3.05) is 25.4 Å². The van der Waals surface area contributed by atoms with E-state index in [2.05, 4.69) is 9.82 Å². The van der Waals surface area contributed by atoms with Crippen LogP contribution in [0.15, 0.2) is 12.4 Å². The van der Waals surface area contributed by atoms with E-state index in [1.807, 2.05) is 0 Å². The van der Waals surface area contributed by atoms with Gasteiger partial charge in [0.25, 0.3) is 0 Å². The average molecular weight is 288 g/mol. The molecule has 0 aromatic carbocycles. The normalized spacial score (nSPS) is 20.7. The summed E-state index contributed by atoms with van der Waals surface area (Å²) < 4.78 is 34.2. The Hall–Kier alpha value is -1.12. The van der Waals surface area contributed by atoms with E-state index >= 15 is 0 Å². The molecular weight excluding hydrogens is 268 g/mol. The summed E-state index contributed by atoms with van der Waals surface area (Å²) in [6.45, 7) is 1.45. The fourth-order valence-corrected chi connectivity index (χ4v) is 2.50. The van der Waals surface area contributed by atoms with Gasteiger partial charge in [-0.05, 0) is 19.3 Å². The van der Waals surface area contributed by atoms with Gasteiger partial charge in [0, 0.05) is 26.9 Å². The lowest BCUT2D eigenvalue weighted by molar-refractivity contribution is 0.00401.